The Morgan fingerprint density at radius 1 is 1.29 bits per heavy atom. The first-order chi connectivity index (χ1) is 17.0. The van der Waals surface area contributed by atoms with Crippen LogP contribution in [0.25, 0.3) is 16.8 Å². The lowest BCUT2D eigenvalue weighted by Crippen LogP contribution is -2.52. The summed E-state index contributed by atoms with van der Waals surface area (Å²) in [6, 6.07) is 4.37. The maximum Gasteiger partial charge on any atom is 0.328 e. The van der Waals surface area contributed by atoms with Crippen molar-refractivity contribution >= 4 is 28.7 Å². The molecule has 35 heavy (non-hydrogen) atoms. The number of carbonyl (C=O) groups is 2. The number of esters is 1. The summed E-state index contributed by atoms with van der Waals surface area (Å²) in [4.78, 5) is 32.2. The van der Waals surface area contributed by atoms with Crippen molar-refractivity contribution in [3.63, 3.8) is 0 Å². The molecule has 1 amide bonds. The third-order valence-corrected chi connectivity index (χ3v) is 7.12. The van der Waals surface area contributed by atoms with Gasteiger partial charge in [0.05, 0.1) is 26.3 Å². The van der Waals surface area contributed by atoms with Gasteiger partial charge in [0.25, 0.3) is 0 Å². The number of methoxy groups -OCH3 is 1. The Morgan fingerprint density at radius 3 is 2.74 bits per heavy atom. The number of rotatable bonds is 8. The van der Waals surface area contributed by atoms with Crippen LogP contribution in [-0.4, -0.2) is 60.2 Å². The van der Waals surface area contributed by atoms with E-state index in [1.165, 1.54) is 6.42 Å². The minimum Gasteiger partial charge on any atom is -0.496 e. The highest BCUT2D eigenvalue weighted by atomic mass is 16.5. The van der Waals surface area contributed by atoms with Crippen molar-refractivity contribution in [1.29, 1.82) is 0 Å². The first kappa shape index (κ1) is 25.0. The molecular formula is C27H35N3O5. The molecule has 2 heterocycles. The first-order valence-corrected chi connectivity index (χ1v) is 12.4. The molecule has 2 N–H and O–H groups in total. The van der Waals surface area contributed by atoms with Crippen molar-refractivity contribution in [1.82, 2.24) is 9.88 Å². The topological polar surface area (TPSA) is 104 Å². The fourth-order valence-corrected chi connectivity index (χ4v) is 5.25. The molecule has 1 saturated heterocycles. The van der Waals surface area contributed by atoms with E-state index in [0.29, 0.717) is 18.1 Å². The molecule has 2 fully saturated rings. The van der Waals surface area contributed by atoms with E-state index in [4.69, 9.17) is 19.9 Å². The van der Waals surface area contributed by atoms with Crippen LogP contribution in [0, 0.1) is 5.92 Å². The molecule has 1 aliphatic carbocycles. The molecule has 0 spiro atoms. The number of ether oxygens (including phenoxy) is 3. The van der Waals surface area contributed by atoms with Crippen molar-refractivity contribution in [2.24, 2.45) is 11.7 Å². The van der Waals surface area contributed by atoms with Crippen molar-refractivity contribution < 1.29 is 23.8 Å². The number of hydrogen-bond acceptors (Lipinski definition) is 7. The summed E-state index contributed by atoms with van der Waals surface area (Å²) >= 11 is 0. The van der Waals surface area contributed by atoms with E-state index in [0.717, 1.165) is 42.0 Å². The van der Waals surface area contributed by atoms with Gasteiger partial charge >= 0.3 is 5.97 Å². The van der Waals surface area contributed by atoms with Gasteiger partial charge in [-0.2, -0.15) is 0 Å². The van der Waals surface area contributed by atoms with Crippen LogP contribution in [0.4, 0.5) is 0 Å². The zero-order valence-corrected chi connectivity index (χ0v) is 20.6. The molecule has 1 aromatic heterocycles. The predicted molar refractivity (Wildman–Crippen MR) is 134 cm³/mol. The Morgan fingerprint density at radius 2 is 2.06 bits per heavy atom. The molecule has 4 rings (SSSR count). The Hall–Kier alpha value is -3.13. The van der Waals surface area contributed by atoms with Gasteiger partial charge in [-0.15, -0.1) is 0 Å². The average Bonchev–Trinajstić information content (AvgIpc) is 3.31. The molecule has 0 radical (unpaired) electrons. The fraction of sp³-hybridized carbons (Fsp3) is 0.519. The largest absolute Gasteiger partial charge is 0.496 e. The van der Waals surface area contributed by atoms with Gasteiger partial charge in [-0.25, -0.2) is 9.78 Å². The van der Waals surface area contributed by atoms with Crippen LogP contribution in [0.15, 0.2) is 31.0 Å². The quantitative estimate of drug-likeness (QED) is 0.573. The Kier molecular flexibility index (Phi) is 7.90. The standard InChI is InChI=1S/C27H35N3O5/c1-4-17-13-21-19(14-23(17)33-3)11-12-29-25(21)35-20-15-22(27(32)34-5-2)30(16-20)26(31)24(28)18-9-7-6-8-10-18/h4,11-14,18,20,22,24H,1,5-10,15-16,28H2,2-3H3/t20-,22+,24+/m1/s1. The second-order valence-electron chi connectivity index (χ2n) is 9.29. The van der Waals surface area contributed by atoms with Gasteiger partial charge < -0.3 is 24.8 Å². The van der Waals surface area contributed by atoms with Gasteiger partial charge in [-0.1, -0.05) is 31.9 Å². The van der Waals surface area contributed by atoms with E-state index in [9.17, 15) is 9.59 Å². The molecule has 1 aliphatic heterocycles. The molecule has 1 saturated carbocycles. The summed E-state index contributed by atoms with van der Waals surface area (Å²) in [5, 5.41) is 1.71. The molecule has 3 atom stereocenters. The summed E-state index contributed by atoms with van der Waals surface area (Å²) in [5.74, 6) is 0.664. The second kappa shape index (κ2) is 11.1. The number of nitrogens with zero attached hydrogens (tertiary/aromatic N) is 2. The minimum absolute atomic E-state index is 0.145. The Labute approximate surface area is 206 Å². The summed E-state index contributed by atoms with van der Waals surface area (Å²) in [6.45, 7) is 6.12. The Balaban J connectivity index is 1.57. The lowest BCUT2D eigenvalue weighted by molar-refractivity contribution is -0.153. The maximum atomic E-state index is 13.4. The van der Waals surface area contributed by atoms with Crippen LogP contribution in [-0.2, 0) is 14.3 Å². The molecule has 1 aromatic carbocycles. The third-order valence-electron chi connectivity index (χ3n) is 7.12. The number of pyridine rings is 1. The highest BCUT2D eigenvalue weighted by Crippen LogP contribution is 2.34. The van der Waals surface area contributed by atoms with Gasteiger partial charge in [0.2, 0.25) is 11.8 Å². The molecule has 188 valence electrons. The molecule has 8 heteroatoms. The lowest BCUT2D eigenvalue weighted by atomic mass is 9.83. The van der Waals surface area contributed by atoms with Gasteiger partial charge in [0, 0.05) is 23.6 Å². The van der Waals surface area contributed by atoms with Crippen molar-refractivity contribution in [2.45, 2.75) is 63.6 Å². The van der Waals surface area contributed by atoms with Crippen LogP contribution in [0.2, 0.25) is 0 Å². The SMILES string of the molecule is C=Cc1cc2c(O[C@@H]3C[C@@H](C(=O)OCC)N(C(=O)[C@@H](N)C4CCCCC4)C3)nccc2cc1OC. The van der Waals surface area contributed by atoms with Crippen LogP contribution >= 0.6 is 0 Å². The van der Waals surface area contributed by atoms with Crippen LogP contribution in [0.3, 0.4) is 0 Å². The normalized spacial score (nSPS) is 21.5. The van der Waals surface area contributed by atoms with Gasteiger partial charge in [-0.05, 0) is 49.3 Å². The van der Waals surface area contributed by atoms with Gasteiger partial charge in [0.15, 0.2) is 0 Å². The second-order valence-corrected chi connectivity index (χ2v) is 9.29. The predicted octanol–water partition coefficient (Wildman–Crippen LogP) is 3.71. The van der Waals surface area contributed by atoms with E-state index >= 15 is 0 Å². The number of carbonyl (C=O) groups excluding carboxylic acids is 2. The highest BCUT2D eigenvalue weighted by molar-refractivity contribution is 5.91. The molecule has 0 unspecified atom stereocenters. The van der Waals surface area contributed by atoms with Gasteiger partial charge in [0.1, 0.15) is 17.9 Å². The van der Waals surface area contributed by atoms with Crippen LogP contribution < -0.4 is 15.2 Å². The fourth-order valence-electron chi connectivity index (χ4n) is 5.25. The monoisotopic (exact) mass is 481 g/mol. The number of hydrogen-bond donors (Lipinski definition) is 1. The number of nitrogens with two attached hydrogens (primary N) is 1. The van der Waals surface area contributed by atoms with Gasteiger partial charge in [-0.3, -0.25) is 4.79 Å². The zero-order valence-electron chi connectivity index (χ0n) is 20.6. The van der Waals surface area contributed by atoms with E-state index in [1.807, 2.05) is 18.2 Å². The van der Waals surface area contributed by atoms with Crippen LogP contribution in [0.5, 0.6) is 11.6 Å². The van der Waals surface area contributed by atoms with E-state index < -0.39 is 24.2 Å². The molecule has 2 aliphatic rings. The molecular weight excluding hydrogens is 446 g/mol. The number of fused-ring (bicyclic) bond motifs is 1. The molecule has 2 aromatic rings. The van der Waals surface area contributed by atoms with E-state index in [1.54, 1.807) is 31.2 Å². The van der Waals surface area contributed by atoms with Crippen LogP contribution in [0.1, 0.15) is 51.0 Å². The number of benzene rings is 1. The zero-order chi connectivity index (χ0) is 24.9. The summed E-state index contributed by atoms with van der Waals surface area (Å²) in [5.41, 5.74) is 7.25. The smallest absolute Gasteiger partial charge is 0.328 e. The van der Waals surface area contributed by atoms with E-state index in [-0.39, 0.29) is 25.0 Å². The summed E-state index contributed by atoms with van der Waals surface area (Å²) < 4.78 is 17.0. The van der Waals surface area contributed by atoms with E-state index in [2.05, 4.69) is 11.6 Å². The Bertz CT molecular complexity index is 1080. The number of amides is 1. The van der Waals surface area contributed by atoms with Crippen molar-refractivity contribution in [2.75, 3.05) is 20.3 Å². The molecule has 0 bridgehead atoms. The van der Waals surface area contributed by atoms with Crippen molar-refractivity contribution in [3.8, 4) is 11.6 Å². The molecule has 8 nitrogen and oxygen atoms in total. The average molecular weight is 482 g/mol. The number of aromatic nitrogens is 1. The van der Waals surface area contributed by atoms with Crippen molar-refractivity contribution in [3.05, 3.63) is 36.5 Å². The number of likely N-dealkylation sites (tertiary alicyclic amines) is 1. The lowest BCUT2D eigenvalue weighted by Gasteiger charge is -2.31. The highest BCUT2D eigenvalue weighted by Gasteiger charge is 2.44. The summed E-state index contributed by atoms with van der Waals surface area (Å²) in [7, 11) is 1.62. The first-order valence-electron chi connectivity index (χ1n) is 12.4. The maximum absolute atomic E-state index is 13.4. The summed E-state index contributed by atoms with van der Waals surface area (Å²) in [6.07, 6.45) is 8.54. The third kappa shape index (κ3) is 5.27. The minimum atomic E-state index is -0.721.